The lowest BCUT2D eigenvalue weighted by molar-refractivity contribution is -0.140. The van der Waals surface area contributed by atoms with E-state index in [9.17, 15) is 18.0 Å². The van der Waals surface area contributed by atoms with Crippen molar-refractivity contribution in [1.82, 2.24) is 10.2 Å². The van der Waals surface area contributed by atoms with Crippen LogP contribution in [0.4, 0.5) is 5.69 Å². The molecule has 0 saturated carbocycles. The smallest absolute Gasteiger partial charge is 0.264 e. The zero-order chi connectivity index (χ0) is 27.2. The predicted octanol–water partition coefficient (Wildman–Crippen LogP) is 4.98. The fourth-order valence-electron chi connectivity index (χ4n) is 3.73. The Morgan fingerprint density at radius 3 is 2.08 bits per heavy atom. The van der Waals surface area contributed by atoms with Crippen LogP contribution < -0.4 is 9.62 Å². The van der Waals surface area contributed by atoms with E-state index in [4.69, 9.17) is 0 Å². The van der Waals surface area contributed by atoms with E-state index in [2.05, 4.69) is 21.2 Å². The van der Waals surface area contributed by atoms with Gasteiger partial charge in [0.15, 0.2) is 0 Å². The van der Waals surface area contributed by atoms with Gasteiger partial charge in [-0.1, -0.05) is 64.5 Å². The summed E-state index contributed by atoms with van der Waals surface area (Å²) in [5.41, 5.74) is 0.659. The first kappa shape index (κ1) is 28.4. The molecule has 0 fully saturated rings. The van der Waals surface area contributed by atoms with Crippen LogP contribution in [0.2, 0.25) is 0 Å². The first-order valence-corrected chi connectivity index (χ1v) is 14.1. The molecule has 0 aromatic heterocycles. The van der Waals surface area contributed by atoms with Crippen molar-refractivity contribution < 1.29 is 18.0 Å². The minimum atomic E-state index is -4.06. The molecule has 0 bridgehead atoms. The molecule has 0 heterocycles. The number of sulfonamides is 1. The summed E-state index contributed by atoms with van der Waals surface area (Å²) in [6.45, 7) is 6.90. The Hall–Kier alpha value is -3.17. The van der Waals surface area contributed by atoms with Crippen LogP contribution in [-0.2, 0) is 26.2 Å². The average molecular weight is 587 g/mol. The molecule has 3 rings (SSSR count). The summed E-state index contributed by atoms with van der Waals surface area (Å²) in [5.74, 6) is -0.826. The van der Waals surface area contributed by atoms with Gasteiger partial charge in [0.25, 0.3) is 10.0 Å². The second kappa shape index (κ2) is 11.9. The maximum atomic E-state index is 13.8. The SMILES string of the molecule is C[C@@H](C(=O)NC(C)(C)C)N(Cc1cccc(Br)c1)C(=O)CN(c1ccccc1)S(=O)(=O)c1ccccc1. The number of benzene rings is 3. The Labute approximate surface area is 227 Å². The van der Waals surface area contributed by atoms with Crippen molar-refractivity contribution in [3.8, 4) is 0 Å². The number of nitrogens with zero attached hydrogens (tertiary/aromatic N) is 2. The minimum Gasteiger partial charge on any atom is -0.350 e. The predicted molar refractivity (Wildman–Crippen MR) is 149 cm³/mol. The molecule has 3 aromatic carbocycles. The number of para-hydroxylation sites is 1. The number of nitrogens with one attached hydrogen (secondary N) is 1. The van der Waals surface area contributed by atoms with E-state index in [0.29, 0.717) is 5.69 Å². The summed E-state index contributed by atoms with van der Waals surface area (Å²) in [6.07, 6.45) is 0. The van der Waals surface area contributed by atoms with Gasteiger partial charge in [0.1, 0.15) is 12.6 Å². The lowest BCUT2D eigenvalue weighted by Crippen LogP contribution is -2.54. The van der Waals surface area contributed by atoms with Crippen molar-refractivity contribution in [3.05, 3.63) is 95.0 Å². The molecular formula is C28H32BrN3O4S. The van der Waals surface area contributed by atoms with Crippen LogP contribution >= 0.6 is 15.9 Å². The van der Waals surface area contributed by atoms with Gasteiger partial charge in [-0.3, -0.25) is 13.9 Å². The largest absolute Gasteiger partial charge is 0.350 e. The molecule has 0 saturated heterocycles. The lowest BCUT2D eigenvalue weighted by Gasteiger charge is -2.33. The van der Waals surface area contributed by atoms with Crippen LogP contribution in [-0.4, -0.2) is 43.3 Å². The Morgan fingerprint density at radius 2 is 1.51 bits per heavy atom. The number of carbonyl (C=O) groups excluding carboxylic acids is 2. The third-order valence-corrected chi connectivity index (χ3v) is 7.84. The average Bonchev–Trinajstić information content (AvgIpc) is 2.85. The van der Waals surface area contributed by atoms with Crippen molar-refractivity contribution in [2.45, 2.75) is 50.7 Å². The van der Waals surface area contributed by atoms with Crippen LogP contribution in [0.1, 0.15) is 33.3 Å². The molecule has 0 radical (unpaired) electrons. The van der Waals surface area contributed by atoms with Gasteiger partial charge >= 0.3 is 0 Å². The molecule has 0 aliphatic heterocycles. The molecule has 196 valence electrons. The van der Waals surface area contributed by atoms with E-state index < -0.39 is 34.1 Å². The number of anilines is 1. The maximum Gasteiger partial charge on any atom is 0.264 e. The summed E-state index contributed by atoms with van der Waals surface area (Å²) < 4.78 is 29.2. The van der Waals surface area contributed by atoms with E-state index in [-0.39, 0.29) is 17.3 Å². The molecule has 9 heteroatoms. The molecule has 0 spiro atoms. The third kappa shape index (κ3) is 7.66. The summed E-state index contributed by atoms with van der Waals surface area (Å²) in [5, 5.41) is 2.92. The van der Waals surface area contributed by atoms with Gasteiger partial charge < -0.3 is 10.2 Å². The van der Waals surface area contributed by atoms with Gasteiger partial charge in [0.2, 0.25) is 11.8 Å². The molecule has 1 atom stereocenters. The van der Waals surface area contributed by atoms with E-state index in [1.807, 2.05) is 45.0 Å². The molecule has 0 aliphatic rings. The highest BCUT2D eigenvalue weighted by Gasteiger charge is 2.33. The Balaban J connectivity index is 2.00. The third-order valence-electron chi connectivity index (χ3n) is 5.56. The van der Waals surface area contributed by atoms with Crippen LogP contribution in [0.25, 0.3) is 0 Å². The number of hydrogen-bond acceptors (Lipinski definition) is 4. The second-order valence-electron chi connectivity index (χ2n) is 9.73. The Bertz CT molecular complexity index is 1330. The van der Waals surface area contributed by atoms with Crippen LogP contribution in [0.3, 0.4) is 0 Å². The first-order chi connectivity index (χ1) is 17.4. The Morgan fingerprint density at radius 1 is 0.919 bits per heavy atom. The van der Waals surface area contributed by atoms with Crippen LogP contribution in [0.5, 0.6) is 0 Å². The van der Waals surface area contributed by atoms with Crippen molar-refractivity contribution in [2.75, 3.05) is 10.8 Å². The molecule has 0 unspecified atom stereocenters. The van der Waals surface area contributed by atoms with Crippen molar-refractivity contribution >= 4 is 43.5 Å². The molecule has 0 aliphatic carbocycles. The lowest BCUT2D eigenvalue weighted by atomic mass is 10.1. The van der Waals surface area contributed by atoms with Gasteiger partial charge in [0.05, 0.1) is 10.6 Å². The van der Waals surface area contributed by atoms with E-state index in [1.165, 1.54) is 17.0 Å². The van der Waals surface area contributed by atoms with E-state index in [0.717, 1.165) is 14.3 Å². The van der Waals surface area contributed by atoms with Gasteiger partial charge in [-0.15, -0.1) is 0 Å². The molecule has 2 amide bonds. The number of amides is 2. The van der Waals surface area contributed by atoms with Crippen LogP contribution in [0.15, 0.2) is 94.3 Å². The zero-order valence-corrected chi connectivity index (χ0v) is 23.8. The summed E-state index contributed by atoms with van der Waals surface area (Å²) >= 11 is 3.45. The normalized spacial score (nSPS) is 12.5. The monoisotopic (exact) mass is 585 g/mol. The minimum absolute atomic E-state index is 0.0729. The second-order valence-corrected chi connectivity index (χ2v) is 12.5. The van der Waals surface area contributed by atoms with Crippen molar-refractivity contribution in [1.29, 1.82) is 0 Å². The quantitative estimate of drug-likeness (QED) is 0.384. The first-order valence-electron chi connectivity index (χ1n) is 11.9. The van der Waals surface area contributed by atoms with Gasteiger partial charge in [-0.2, -0.15) is 0 Å². The van der Waals surface area contributed by atoms with Crippen LogP contribution in [0, 0.1) is 0 Å². The highest BCUT2D eigenvalue weighted by molar-refractivity contribution is 9.10. The highest BCUT2D eigenvalue weighted by Crippen LogP contribution is 2.24. The topological polar surface area (TPSA) is 86.8 Å². The van der Waals surface area contributed by atoms with E-state index in [1.54, 1.807) is 55.5 Å². The summed E-state index contributed by atoms with van der Waals surface area (Å²) in [4.78, 5) is 28.4. The fourth-order valence-corrected chi connectivity index (χ4v) is 5.61. The Kier molecular flexibility index (Phi) is 9.15. The fraction of sp³-hybridized carbons (Fsp3) is 0.286. The summed E-state index contributed by atoms with van der Waals surface area (Å²) in [6, 6.07) is 23.1. The molecule has 7 nitrogen and oxygen atoms in total. The van der Waals surface area contributed by atoms with Gasteiger partial charge in [0, 0.05) is 16.6 Å². The van der Waals surface area contributed by atoms with Gasteiger partial charge in [-0.25, -0.2) is 8.42 Å². The van der Waals surface area contributed by atoms with Gasteiger partial charge in [-0.05, 0) is 69.7 Å². The standard InChI is InChI=1S/C28H32BrN3O4S/c1-21(27(34)30-28(2,3)4)31(19-22-12-11-13-23(29)18-22)26(33)20-32(24-14-7-5-8-15-24)37(35,36)25-16-9-6-10-17-25/h5-18,21H,19-20H2,1-4H3,(H,30,34)/t21-/m0/s1. The number of halogens is 1. The highest BCUT2D eigenvalue weighted by atomic mass is 79.9. The summed E-state index contributed by atoms with van der Waals surface area (Å²) in [7, 11) is -4.06. The zero-order valence-electron chi connectivity index (χ0n) is 21.4. The maximum absolute atomic E-state index is 13.8. The number of rotatable bonds is 9. The molecule has 1 N–H and O–H groups in total. The van der Waals surface area contributed by atoms with E-state index >= 15 is 0 Å². The molecule has 37 heavy (non-hydrogen) atoms. The molecule has 3 aromatic rings. The van der Waals surface area contributed by atoms with Crippen molar-refractivity contribution in [2.24, 2.45) is 0 Å². The number of carbonyl (C=O) groups is 2. The molecular weight excluding hydrogens is 554 g/mol. The van der Waals surface area contributed by atoms with Crippen molar-refractivity contribution in [3.63, 3.8) is 0 Å². The number of hydrogen-bond donors (Lipinski definition) is 1.